The first-order chi connectivity index (χ1) is 9.68. The molecule has 0 aliphatic heterocycles. The fraction of sp³-hybridized carbons (Fsp3) is 0.533. The van der Waals surface area contributed by atoms with Gasteiger partial charge in [0, 0.05) is 30.1 Å². The van der Waals surface area contributed by atoms with Crippen LogP contribution in [0, 0.1) is 5.92 Å². The summed E-state index contributed by atoms with van der Waals surface area (Å²) in [5, 5.41) is 0. The van der Waals surface area contributed by atoms with Crippen molar-refractivity contribution in [2.24, 2.45) is 5.92 Å². The number of nitrogens with zero attached hydrogens (tertiary/aromatic N) is 1. The van der Waals surface area contributed by atoms with Gasteiger partial charge < -0.3 is 10.6 Å². The molecule has 1 amide bonds. The smallest absolute Gasteiger partial charge is 0.254 e. The summed E-state index contributed by atoms with van der Waals surface area (Å²) in [7, 11) is -3.39. The molecule has 1 aliphatic carbocycles. The summed E-state index contributed by atoms with van der Waals surface area (Å²) in [6, 6.07) is 4.41. The van der Waals surface area contributed by atoms with Crippen LogP contribution in [-0.2, 0) is 9.84 Å². The van der Waals surface area contributed by atoms with Gasteiger partial charge in [-0.15, -0.1) is 0 Å². The van der Waals surface area contributed by atoms with Crippen molar-refractivity contribution in [3.8, 4) is 0 Å². The predicted octanol–water partition coefficient (Wildman–Crippen LogP) is 1.93. The van der Waals surface area contributed by atoms with Crippen LogP contribution in [0.5, 0.6) is 0 Å². The molecule has 2 N–H and O–H groups in total. The molecule has 0 radical (unpaired) electrons. The van der Waals surface area contributed by atoms with Crippen LogP contribution in [0.4, 0.5) is 5.69 Å². The van der Waals surface area contributed by atoms with Gasteiger partial charge in [0.2, 0.25) is 0 Å². The summed E-state index contributed by atoms with van der Waals surface area (Å²) in [6.45, 7) is 4.65. The number of rotatable bonds is 5. The van der Waals surface area contributed by atoms with Gasteiger partial charge in [-0.2, -0.15) is 0 Å². The molecular weight excluding hydrogens is 288 g/mol. The maximum Gasteiger partial charge on any atom is 0.254 e. The summed E-state index contributed by atoms with van der Waals surface area (Å²) in [5.74, 6) is 0.417. The Bertz CT molecular complexity index is 649. The lowest BCUT2D eigenvalue weighted by Crippen LogP contribution is -2.38. The van der Waals surface area contributed by atoms with Gasteiger partial charge in [0.1, 0.15) is 0 Å². The summed E-state index contributed by atoms with van der Waals surface area (Å²) in [4.78, 5) is 14.5. The first-order valence-electron chi connectivity index (χ1n) is 7.10. The van der Waals surface area contributed by atoms with E-state index in [-0.39, 0.29) is 22.5 Å². The molecule has 1 saturated carbocycles. The highest BCUT2D eigenvalue weighted by atomic mass is 32.2. The molecule has 0 aromatic heterocycles. The molecule has 0 heterocycles. The molecule has 1 fully saturated rings. The van der Waals surface area contributed by atoms with Crippen LogP contribution >= 0.6 is 0 Å². The molecule has 6 heteroatoms. The van der Waals surface area contributed by atoms with E-state index in [0.717, 1.165) is 25.6 Å². The van der Waals surface area contributed by atoms with E-state index < -0.39 is 9.84 Å². The molecule has 1 aromatic carbocycles. The zero-order valence-corrected chi connectivity index (χ0v) is 13.5. The van der Waals surface area contributed by atoms with E-state index in [2.05, 4.69) is 0 Å². The van der Waals surface area contributed by atoms with Crippen molar-refractivity contribution in [2.75, 3.05) is 18.5 Å². The number of hydrogen-bond acceptors (Lipinski definition) is 4. The van der Waals surface area contributed by atoms with E-state index in [0.29, 0.717) is 11.5 Å². The van der Waals surface area contributed by atoms with Crippen LogP contribution in [-0.4, -0.2) is 38.1 Å². The third-order valence-electron chi connectivity index (χ3n) is 3.64. The second-order valence-corrected chi connectivity index (χ2v) is 8.07. The molecule has 0 spiro atoms. The second kappa shape index (κ2) is 5.67. The largest absolute Gasteiger partial charge is 0.399 e. The molecule has 1 aliphatic rings. The van der Waals surface area contributed by atoms with Gasteiger partial charge in [-0.25, -0.2) is 8.42 Å². The summed E-state index contributed by atoms with van der Waals surface area (Å²) in [6.07, 6.45) is 3.42. The van der Waals surface area contributed by atoms with Crippen molar-refractivity contribution >= 4 is 21.4 Å². The van der Waals surface area contributed by atoms with Crippen molar-refractivity contribution < 1.29 is 13.2 Å². The van der Waals surface area contributed by atoms with Gasteiger partial charge in [-0.05, 0) is 50.8 Å². The zero-order chi connectivity index (χ0) is 15.8. The molecular formula is C15H22N2O3S. The van der Waals surface area contributed by atoms with Gasteiger partial charge in [-0.1, -0.05) is 0 Å². The van der Waals surface area contributed by atoms with Crippen molar-refractivity contribution in [2.45, 2.75) is 37.6 Å². The topological polar surface area (TPSA) is 80.5 Å². The van der Waals surface area contributed by atoms with Crippen LogP contribution in [0.15, 0.2) is 23.1 Å². The fourth-order valence-electron chi connectivity index (χ4n) is 2.23. The molecule has 1 aromatic rings. The average Bonchev–Trinajstić information content (AvgIpc) is 3.17. The monoisotopic (exact) mass is 310 g/mol. The highest BCUT2D eigenvalue weighted by Gasteiger charge is 2.29. The Hall–Kier alpha value is -1.56. The lowest BCUT2D eigenvalue weighted by molar-refractivity contribution is 0.0696. The number of nitrogen functional groups attached to an aromatic ring is 1. The SMILES string of the molecule is CC(C)N(CC1CC1)C(=O)c1cc(N)cc(S(C)(=O)=O)c1. The van der Waals surface area contributed by atoms with Crippen molar-refractivity contribution in [3.05, 3.63) is 23.8 Å². The first-order valence-corrected chi connectivity index (χ1v) is 8.99. The lowest BCUT2D eigenvalue weighted by Gasteiger charge is -2.27. The van der Waals surface area contributed by atoms with Crippen molar-refractivity contribution in [1.82, 2.24) is 4.90 Å². The number of sulfone groups is 1. The number of amides is 1. The number of hydrogen-bond donors (Lipinski definition) is 1. The predicted molar refractivity (Wildman–Crippen MR) is 82.9 cm³/mol. The van der Waals surface area contributed by atoms with Gasteiger partial charge in [0.25, 0.3) is 5.91 Å². The number of nitrogens with two attached hydrogens (primary N) is 1. The third-order valence-corrected chi connectivity index (χ3v) is 4.73. The Balaban J connectivity index is 2.34. The summed E-state index contributed by atoms with van der Waals surface area (Å²) < 4.78 is 23.3. The number of anilines is 1. The normalized spacial score (nSPS) is 15.2. The minimum absolute atomic E-state index is 0.0706. The maximum atomic E-state index is 12.7. The summed E-state index contributed by atoms with van der Waals surface area (Å²) >= 11 is 0. The molecule has 2 rings (SSSR count). The van der Waals surface area contributed by atoms with E-state index in [4.69, 9.17) is 5.73 Å². The maximum absolute atomic E-state index is 12.7. The molecule has 0 bridgehead atoms. The number of carbonyl (C=O) groups is 1. The van der Waals surface area contributed by atoms with E-state index in [1.165, 1.54) is 12.1 Å². The second-order valence-electron chi connectivity index (χ2n) is 6.06. The minimum Gasteiger partial charge on any atom is -0.399 e. The average molecular weight is 310 g/mol. The molecule has 0 atom stereocenters. The minimum atomic E-state index is -3.39. The van der Waals surface area contributed by atoms with Crippen molar-refractivity contribution in [3.63, 3.8) is 0 Å². The van der Waals surface area contributed by atoms with Crippen LogP contribution in [0.25, 0.3) is 0 Å². The molecule has 0 saturated heterocycles. The Kier molecular flexibility index (Phi) is 4.27. The van der Waals surface area contributed by atoms with Crippen LogP contribution in [0.1, 0.15) is 37.0 Å². The third kappa shape index (κ3) is 3.97. The number of carbonyl (C=O) groups excluding carboxylic acids is 1. The van der Waals surface area contributed by atoms with Crippen LogP contribution in [0.2, 0.25) is 0 Å². The van der Waals surface area contributed by atoms with Crippen LogP contribution < -0.4 is 5.73 Å². The fourth-order valence-corrected chi connectivity index (χ4v) is 2.92. The Morgan fingerprint density at radius 2 is 1.95 bits per heavy atom. The Labute approximate surface area is 126 Å². The highest BCUT2D eigenvalue weighted by Crippen LogP contribution is 2.31. The quantitative estimate of drug-likeness (QED) is 0.843. The number of benzene rings is 1. The van der Waals surface area contributed by atoms with E-state index in [1.807, 2.05) is 13.8 Å². The van der Waals surface area contributed by atoms with E-state index in [9.17, 15) is 13.2 Å². The highest BCUT2D eigenvalue weighted by molar-refractivity contribution is 7.90. The molecule has 21 heavy (non-hydrogen) atoms. The lowest BCUT2D eigenvalue weighted by atomic mass is 10.1. The molecule has 0 unspecified atom stereocenters. The van der Waals surface area contributed by atoms with Crippen molar-refractivity contribution in [1.29, 1.82) is 0 Å². The zero-order valence-electron chi connectivity index (χ0n) is 12.7. The summed E-state index contributed by atoms with van der Waals surface area (Å²) in [5.41, 5.74) is 6.37. The first kappa shape index (κ1) is 15.8. The van der Waals surface area contributed by atoms with E-state index >= 15 is 0 Å². The Morgan fingerprint density at radius 1 is 1.33 bits per heavy atom. The van der Waals surface area contributed by atoms with Gasteiger partial charge in [0.15, 0.2) is 9.84 Å². The molecule has 5 nitrogen and oxygen atoms in total. The van der Waals surface area contributed by atoms with Gasteiger partial charge in [0.05, 0.1) is 4.90 Å². The standard InChI is InChI=1S/C15H22N2O3S/c1-10(2)17(9-11-4-5-11)15(18)12-6-13(16)8-14(7-12)21(3,19)20/h6-8,10-11H,4-5,9,16H2,1-3H3. The van der Waals surface area contributed by atoms with E-state index in [1.54, 1.807) is 11.0 Å². The van der Waals surface area contributed by atoms with Gasteiger partial charge >= 0.3 is 0 Å². The Morgan fingerprint density at radius 3 is 2.43 bits per heavy atom. The van der Waals surface area contributed by atoms with Gasteiger partial charge in [-0.3, -0.25) is 4.79 Å². The van der Waals surface area contributed by atoms with Crippen LogP contribution in [0.3, 0.4) is 0 Å². The molecule has 116 valence electrons.